The molecule has 0 fully saturated rings. The first kappa shape index (κ1) is 13.9. The number of rotatable bonds is 5. The number of benzene rings is 1. The second-order valence-corrected chi connectivity index (χ2v) is 3.85. The summed E-state index contributed by atoms with van der Waals surface area (Å²) in [7, 11) is 0. The number of hydrogen-bond acceptors (Lipinski definition) is 4. The van der Waals surface area contributed by atoms with Crippen LogP contribution < -0.4 is 4.74 Å². The van der Waals surface area contributed by atoms with Crippen LogP contribution in [0.2, 0.25) is 0 Å². The van der Waals surface area contributed by atoms with E-state index in [1.165, 1.54) is 11.0 Å². The molecule has 0 unspecified atom stereocenters. The zero-order valence-electron chi connectivity index (χ0n) is 10.5. The van der Waals surface area contributed by atoms with Crippen molar-refractivity contribution in [2.75, 3.05) is 0 Å². The molecule has 0 spiro atoms. The van der Waals surface area contributed by atoms with E-state index in [0.29, 0.717) is 24.5 Å². The Morgan fingerprint density at radius 2 is 2.05 bits per heavy atom. The monoisotopic (exact) mass is 283 g/mol. The first-order valence-electron chi connectivity index (χ1n) is 5.74. The lowest BCUT2D eigenvalue weighted by Gasteiger charge is -2.09. The molecule has 1 N–H and O–H groups in total. The third-order valence-electron chi connectivity index (χ3n) is 2.59. The Balaban J connectivity index is 2.20. The highest BCUT2D eigenvalue weighted by Crippen LogP contribution is 2.24. The molecule has 0 aliphatic heterocycles. The minimum atomic E-state index is -1.42. The van der Waals surface area contributed by atoms with Crippen LogP contribution in [0.5, 0.6) is 5.75 Å². The summed E-state index contributed by atoms with van der Waals surface area (Å²) in [4.78, 5) is 14.5. The molecule has 0 radical (unpaired) electrons. The minimum Gasteiger partial charge on any atom is -0.479 e. The van der Waals surface area contributed by atoms with Gasteiger partial charge in [0.1, 0.15) is 12.9 Å². The van der Waals surface area contributed by atoms with E-state index in [2.05, 4.69) is 10.1 Å². The Labute approximate surface area is 112 Å². The fourth-order valence-corrected chi connectivity index (χ4v) is 1.62. The quantitative estimate of drug-likeness (QED) is 0.906. The van der Waals surface area contributed by atoms with Crippen LogP contribution in [0.25, 0.3) is 0 Å². The molecule has 2 rings (SSSR count). The van der Waals surface area contributed by atoms with Crippen molar-refractivity contribution in [3.05, 3.63) is 41.5 Å². The van der Waals surface area contributed by atoms with Gasteiger partial charge in [-0.15, -0.1) is 0 Å². The third-order valence-corrected chi connectivity index (χ3v) is 2.59. The lowest BCUT2D eigenvalue weighted by atomic mass is 10.2. The van der Waals surface area contributed by atoms with Gasteiger partial charge in [0.15, 0.2) is 23.2 Å². The summed E-state index contributed by atoms with van der Waals surface area (Å²) < 4.78 is 33.8. The van der Waals surface area contributed by atoms with Crippen molar-refractivity contribution in [3.63, 3.8) is 0 Å². The van der Waals surface area contributed by atoms with Crippen LogP contribution in [-0.2, 0) is 13.2 Å². The van der Waals surface area contributed by atoms with Gasteiger partial charge in [-0.1, -0.05) is 0 Å². The zero-order valence-corrected chi connectivity index (χ0v) is 10.5. The van der Waals surface area contributed by atoms with E-state index in [1.54, 1.807) is 0 Å². The van der Waals surface area contributed by atoms with Gasteiger partial charge < -0.3 is 9.84 Å². The van der Waals surface area contributed by atoms with Crippen molar-refractivity contribution in [3.8, 4) is 5.75 Å². The summed E-state index contributed by atoms with van der Waals surface area (Å²) in [5, 5.41) is 12.6. The van der Waals surface area contributed by atoms with E-state index in [4.69, 9.17) is 9.84 Å². The van der Waals surface area contributed by atoms with Crippen LogP contribution in [0.15, 0.2) is 18.5 Å². The molecular formula is C12H11F2N3O3. The van der Waals surface area contributed by atoms with Crippen LogP contribution >= 0.6 is 0 Å². The van der Waals surface area contributed by atoms with Crippen molar-refractivity contribution in [1.29, 1.82) is 0 Å². The second kappa shape index (κ2) is 5.64. The molecular weight excluding hydrogens is 272 g/mol. The van der Waals surface area contributed by atoms with Crippen LogP contribution in [0, 0.1) is 11.6 Å². The topological polar surface area (TPSA) is 77.2 Å². The van der Waals surface area contributed by atoms with Gasteiger partial charge in [-0.05, 0) is 19.1 Å². The Morgan fingerprint density at radius 3 is 2.60 bits per heavy atom. The summed E-state index contributed by atoms with van der Waals surface area (Å²) in [5.74, 6) is -3.80. The lowest BCUT2D eigenvalue weighted by Crippen LogP contribution is -2.09. The summed E-state index contributed by atoms with van der Waals surface area (Å²) in [6.45, 7) is 2.21. The predicted octanol–water partition coefficient (Wildman–Crippen LogP) is 1.85. The first-order valence-corrected chi connectivity index (χ1v) is 5.74. The molecule has 0 aliphatic rings. The number of nitrogens with zero attached hydrogens (tertiary/aromatic N) is 3. The van der Waals surface area contributed by atoms with E-state index < -0.39 is 28.9 Å². The molecule has 1 heterocycles. The summed E-state index contributed by atoms with van der Waals surface area (Å²) in [6.07, 6.45) is 1.31. The molecule has 1 aromatic carbocycles. The van der Waals surface area contributed by atoms with Gasteiger partial charge in [0, 0.05) is 6.54 Å². The van der Waals surface area contributed by atoms with E-state index in [0.717, 1.165) is 0 Å². The van der Waals surface area contributed by atoms with Crippen LogP contribution in [0.4, 0.5) is 8.78 Å². The molecule has 6 nitrogen and oxygen atoms in total. The Bertz CT molecular complexity index is 620. The summed E-state index contributed by atoms with van der Waals surface area (Å²) in [5.41, 5.74) is -0.482. The molecule has 0 saturated carbocycles. The van der Waals surface area contributed by atoms with Crippen LogP contribution in [0.3, 0.4) is 0 Å². The van der Waals surface area contributed by atoms with Gasteiger partial charge in [-0.25, -0.2) is 23.2 Å². The average Bonchev–Trinajstić information content (AvgIpc) is 2.84. The maximum Gasteiger partial charge on any atom is 0.335 e. The smallest absolute Gasteiger partial charge is 0.335 e. The fourth-order valence-electron chi connectivity index (χ4n) is 1.62. The van der Waals surface area contributed by atoms with Gasteiger partial charge in [0.25, 0.3) is 0 Å². The normalized spacial score (nSPS) is 10.6. The zero-order chi connectivity index (χ0) is 14.7. The molecule has 0 amide bonds. The Morgan fingerprint density at radius 1 is 1.40 bits per heavy atom. The molecule has 0 aliphatic carbocycles. The largest absolute Gasteiger partial charge is 0.479 e. The number of aromatic carboxylic acids is 1. The highest BCUT2D eigenvalue weighted by atomic mass is 19.1. The van der Waals surface area contributed by atoms with Gasteiger partial charge in [-0.2, -0.15) is 5.10 Å². The van der Waals surface area contributed by atoms with Gasteiger partial charge in [-0.3, -0.25) is 0 Å². The summed E-state index contributed by atoms with van der Waals surface area (Å²) in [6, 6.07) is 1.40. The molecule has 20 heavy (non-hydrogen) atoms. The first-order chi connectivity index (χ1) is 9.52. The molecule has 8 heteroatoms. The molecule has 0 bridgehead atoms. The standard InChI is InChI=1S/C12H11F2N3O3/c1-2-17-10(15-6-16-17)5-20-11-8(13)3-7(12(18)19)4-9(11)14/h3-4,6H,2,5H2,1H3,(H,18,19). The van der Waals surface area contributed by atoms with Gasteiger partial charge in [0.05, 0.1) is 5.56 Å². The van der Waals surface area contributed by atoms with Crippen LogP contribution in [0.1, 0.15) is 23.1 Å². The van der Waals surface area contributed by atoms with E-state index in [1.807, 2.05) is 6.92 Å². The van der Waals surface area contributed by atoms with E-state index in [9.17, 15) is 13.6 Å². The number of aryl methyl sites for hydroxylation is 1. The SMILES string of the molecule is CCn1ncnc1COc1c(F)cc(C(=O)O)cc1F. The highest BCUT2D eigenvalue weighted by Gasteiger charge is 2.16. The number of carboxylic acid groups (broad SMARTS) is 1. The van der Waals surface area contributed by atoms with Gasteiger partial charge in [0.2, 0.25) is 0 Å². The number of carboxylic acids is 1. The fraction of sp³-hybridized carbons (Fsp3) is 0.250. The second-order valence-electron chi connectivity index (χ2n) is 3.85. The van der Waals surface area contributed by atoms with Crippen molar-refractivity contribution in [2.24, 2.45) is 0 Å². The van der Waals surface area contributed by atoms with E-state index >= 15 is 0 Å². The molecule has 0 atom stereocenters. The third kappa shape index (κ3) is 2.73. The Hall–Kier alpha value is -2.51. The van der Waals surface area contributed by atoms with Crippen molar-refractivity contribution < 1.29 is 23.4 Å². The number of carbonyl (C=O) groups is 1. The minimum absolute atomic E-state index is 0.173. The average molecular weight is 283 g/mol. The van der Waals surface area contributed by atoms with Crippen molar-refractivity contribution >= 4 is 5.97 Å². The molecule has 1 aromatic heterocycles. The lowest BCUT2D eigenvalue weighted by molar-refractivity contribution is 0.0695. The van der Waals surface area contributed by atoms with Crippen LogP contribution in [-0.4, -0.2) is 25.8 Å². The van der Waals surface area contributed by atoms with Crippen molar-refractivity contribution in [1.82, 2.24) is 14.8 Å². The predicted molar refractivity (Wildman–Crippen MR) is 63.3 cm³/mol. The van der Waals surface area contributed by atoms with E-state index in [-0.39, 0.29) is 6.61 Å². The highest BCUT2D eigenvalue weighted by molar-refractivity contribution is 5.87. The number of ether oxygens (including phenoxy) is 1. The number of halogens is 2. The summed E-state index contributed by atoms with van der Waals surface area (Å²) >= 11 is 0. The van der Waals surface area contributed by atoms with Crippen molar-refractivity contribution in [2.45, 2.75) is 20.1 Å². The number of aromatic nitrogens is 3. The maximum absolute atomic E-state index is 13.6. The molecule has 0 saturated heterocycles. The maximum atomic E-state index is 13.6. The molecule has 106 valence electrons. The number of hydrogen-bond donors (Lipinski definition) is 1. The van der Waals surface area contributed by atoms with Gasteiger partial charge >= 0.3 is 5.97 Å². The Kier molecular flexibility index (Phi) is 3.92. The molecule has 2 aromatic rings.